The first-order valence-corrected chi connectivity index (χ1v) is 8.25. The van der Waals surface area contributed by atoms with Crippen molar-refractivity contribution < 1.29 is 9.53 Å². The molecule has 2 aromatic rings. The summed E-state index contributed by atoms with van der Waals surface area (Å²) in [6, 6.07) is 5.96. The number of nitrogens with zero attached hydrogens (tertiary/aromatic N) is 1. The van der Waals surface area contributed by atoms with Crippen LogP contribution in [0.2, 0.25) is 0 Å². The summed E-state index contributed by atoms with van der Waals surface area (Å²) < 4.78 is 5.72. The average molecular weight is 318 g/mol. The number of aryl methyl sites for hydroxylation is 3. The summed E-state index contributed by atoms with van der Waals surface area (Å²) in [6.45, 7) is 8.34. The molecule has 1 aromatic heterocycles. The molecule has 0 aliphatic rings. The highest BCUT2D eigenvalue weighted by Gasteiger charge is 2.14. The van der Waals surface area contributed by atoms with E-state index < -0.39 is 6.10 Å². The maximum Gasteiger partial charge on any atom is 0.260 e. The van der Waals surface area contributed by atoms with Gasteiger partial charge in [-0.25, -0.2) is 4.98 Å². The van der Waals surface area contributed by atoms with Crippen molar-refractivity contribution in [1.29, 1.82) is 0 Å². The third kappa shape index (κ3) is 4.84. The predicted octanol–water partition coefficient (Wildman–Crippen LogP) is 3.19. The smallest absolute Gasteiger partial charge is 0.260 e. The summed E-state index contributed by atoms with van der Waals surface area (Å²) in [5.41, 5.74) is 3.27. The number of rotatable bonds is 6. The van der Waals surface area contributed by atoms with Gasteiger partial charge in [-0.2, -0.15) is 0 Å². The van der Waals surface area contributed by atoms with Crippen molar-refractivity contribution in [2.75, 3.05) is 6.54 Å². The van der Waals surface area contributed by atoms with Gasteiger partial charge in [-0.05, 0) is 51.0 Å². The molecule has 1 heterocycles. The number of carbonyl (C=O) groups excluding carboxylic acids is 1. The Labute approximate surface area is 135 Å². The summed E-state index contributed by atoms with van der Waals surface area (Å²) in [5, 5.41) is 5.96. The van der Waals surface area contributed by atoms with Gasteiger partial charge in [-0.3, -0.25) is 4.79 Å². The molecule has 1 atom stereocenters. The van der Waals surface area contributed by atoms with Gasteiger partial charge >= 0.3 is 0 Å². The van der Waals surface area contributed by atoms with Crippen LogP contribution in [0.15, 0.2) is 23.6 Å². The van der Waals surface area contributed by atoms with Crippen molar-refractivity contribution >= 4 is 17.2 Å². The molecule has 0 spiro atoms. The number of amides is 1. The molecule has 0 aliphatic carbocycles. The number of hydrogen-bond donors (Lipinski definition) is 1. The van der Waals surface area contributed by atoms with E-state index in [1.165, 1.54) is 0 Å². The molecule has 0 aliphatic heterocycles. The Morgan fingerprint density at radius 2 is 1.95 bits per heavy atom. The van der Waals surface area contributed by atoms with Crippen LogP contribution in [0.4, 0.5) is 0 Å². The zero-order valence-electron chi connectivity index (χ0n) is 13.5. The second kappa shape index (κ2) is 7.40. The SMILES string of the molecule is Cc1cc(C)cc(O[C@@H](C)C(=O)NCCc2csc(C)n2)c1. The Morgan fingerprint density at radius 1 is 1.27 bits per heavy atom. The van der Waals surface area contributed by atoms with Gasteiger partial charge in [0.2, 0.25) is 0 Å². The van der Waals surface area contributed by atoms with E-state index in [1.54, 1.807) is 18.3 Å². The largest absolute Gasteiger partial charge is 0.481 e. The lowest BCUT2D eigenvalue weighted by Crippen LogP contribution is -2.37. The predicted molar refractivity (Wildman–Crippen MR) is 89.6 cm³/mol. The van der Waals surface area contributed by atoms with Crippen LogP contribution in [0.25, 0.3) is 0 Å². The van der Waals surface area contributed by atoms with E-state index in [-0.39, 0.29) is 5.91 Å². The molecule has 5 heteroatoms. The molecule has 0 unspecified atom stereocenters. The second-order valence-electron chi connectivity index (χ2n) is 5.48. The summed E-state index contributed by atoms with van der Waals surface area (Å²) >= 11 is 1.63. The number of ether oxygens (including phenoxy) is 1. The van der Waals surface area contributed by atoms with Gasteiger partial charge in [0, 0.05) is 18.3 Å². The van der Waals surface area contributed by atoms with E-state index in [4.69, 9.17) is 4.74 Å². The van der Waals surface area contributed by atoms with E-state index in [9.17, 15) is 4.79 Å². The van der Waals surface area contributed by atoms with Crippen molar-refractivity contribution in [3.05, 3.63) is 45.4 Å². The molecule has 118 valence electrons. The molecule has 22 heavy (non-hydrogen) atoms. The molecular formula is C17H22N2O2S. The first kappa shape index (κ1) is 16.5. The van der Waals surface area contributed by atoms with E-state index >= 15 is 0 Å². The maximum atomic E-state index is 12.1. The number of carbonyl (C=O) groups is 1. The number of nitrogens with one attached hydrogen (secondary N) is 1. The van der Waals surface area contributed by atoms with Crippen LogP contribution in [-0.2, 0) is 11.2 Å². The molecule has 0 saturated carbocycles. The summed E-state index contributed by atoms with van der Waals surface area (Å²) in [4.78, 5) is 16.4. The minimum absolute atomic E-state index is 0.105. The lowest BCUT2D eigenvalue weighted by atomic mass is 10.1. The molecule has 0 bridgehead atoms. The first-order chi connectivity index (χ1) is 10.4. The summed E-state index contributed by atoms with van der Waals surface area (Å²) in [5.74, 6) is 0.626. The minimum Gasteiger partial charge on any atom is -0.481 e. The average Bonchev–Trinajstić information content (AvgIpc) is 2.83. The molecule has 1 N–H and O–H groups in total. The molecule has 1 amide bonds. The Hall–Kier alpha value is -1.88. The minimum atomic E-state index is -0.515. The monoisotopic (exact) mass is 318 g/mol. The molecule has 0 saturated heterocycles. The summed E-state index contributed by atoms with van der Waals surface area (Å²) in [6.07, 6.45) is 0.227. The third-order valence-electron chi connectivity index (χ3n) is 3.22. The zero-order valence-corrected chi connectivity index (χ0v) is 14.3. The van der Waals surface area contributed by atoms with Crippen molar-refractivity contribution in [3.63, 3.8) is 0 Å². The van der Waals surface area contributed by atoms with E-state index in [2.05, 4.69) is 16.4 Å². The van der Waals surface area contributed by atoms with Crippen LogP contribution < -0.4 is 10.1 Å². The highest BCUT2D eigenvalue weighted by molar-refractivity contribution is 7.09. The molecule has 2 rings (SSSR count). The van der Waals surface area contributed by atoms with Crippen LogP contribution >= 0.6 is 11.3 Å². The Kier molecular flexibility index (Phi) is 5.55. The van der Waals surface area contributed by atoms with Crippen LogP contribution in [-0.4, -0.2) is 23.5 Å². The van der Waals surface area contributed by atoms with Gasteiger partial charge in [0.05, 0.1) is 10.7 Å². The van der Waals surface area contributed by atoms with Gasteiger partial charge < -0.3 is 10.1 Å². The lowest BCUT2D eigenvalue weighted by Gasteiger charge is -2.15. The van der Waals surface area contributed by atoms with Crippen molar-refractivity contribution in [2.45, 2.75) is 40.2 Å². The van der Waals surface area contributed by atoms with E-state index in [1.807, 2.05) is 38.3 Å². The standard InChI is InChI=1S/C17H22N2O2S/c1-11-7-12(2)9-16(8-11)21-13(3)17(20)18-6-5-15-10-22-14(4)19-15/h7-10,13H,5-6H2,1-4H3,(H,18,20)/t13-/m0/s1. The van der Waals surface area contributed by atoms with Crippen molar-refractivity contribution in [3.8, 4) is 5.75 Å². The van der Waals surface area contributed by atoms with Gasteiger partial charge in [0.15, 0.2) is 6.10 Å². The highest BCUT2D eigenvalue weighted by Crippen LogP contribution is 2.17. The van der Waals surface area contributed by atoms with E-state index in [0.717, 1.165) is 34.0 Å². The maximum absolute atomic E-state index is 12.1. The Balaban J connectivity index is 1.81. The van der Waals surface area contributed by atoms with Crippen molar-refractivity contribution in [2.24, 2.45) is 0 Å². The van der Waals surface area contributed by atoms with Crippen molar-refractivity contribution in [1.82, 2.24) is 10.3 Å². The highest BCUT2D eigenvalue weighted by atomic mass is 32.1. The number of thiazole rings is 1. The summed E-state index contributed by atoms with van der Waals surface area (Å²) in [7, 11) is 0. The first-order valence-electron chi connectivity index (χ1n) is 7.37. The van der Waals surface area contributed by atoms with Crippen LogP contribution in [0.5, 0.6) is 5.75 Å². The Morgan fingerprint density at radius 3 is 2.55 bits per heavy atom. The van der Waals surface area contributed by atoms with Gasteiger partial charge in [0.25, 0.3) is 5.91 Å². The van der Waals surface area contributed by atoms with Crippen LogP contribution in [0.1, 0.15) is 28.8 Å². The fourth-order valence-electron chi connectivity index (χ4n) is 2.24. The lowest BCUT2D eigenvalue weighted by molar-refractivity contribution is -0.127. The number of hydrogen-bond acceptors (Lipinski definition) is 4. The Bertz CT molecular complexity index is 632. The fraction of sp³-hybridized carbons (Fsp3) is 0.412. The normalized spacial score (nSPS) is 12.0. The topological polar surface area (TPSA) is 51.2 Å². The van der Waals surface area contributed by atoms with Crippen LogP contribution in [0.3, 0.4) is 0 Å². The van der Waals surface area contributed by atoms with Gasteiger partial charge in [-0.1, -0.05) is 6.07 Å². The molecular weight excluding hydrogens is 296 g/mol. The molecule has 0 fully saturated rings. The van der Waals surface area contributed by atoms with Gasteiger partial charge in [-0.15, -0.1) is 11.3 Å². The zero-order chi connectivity index (χ0) is 16.1. The quantitative estimate of drug-likeness (QED) is 0.890. The molecule has 1 aromatic carbocycles. The molecule has 4 nitrogen and oxygen atoms in total. The van der Waals surface area contributed by atoms with Crippen LogP contribution in [0, 0.1) is 20.8 Å². The fourth-order valence-corrected chi connectivity index (χ4v) is 2.89. The number of benzene rings is 1. The second-order valence-corrected chi connectivity index (χ2v) is 6.54. The van der Waals surface area contributed by atoms with Gasteiger partial charge in [0.1, 0.15) is 5.75 Å². The third-order valence-corrected chi connectivity index (χ3v) is 4.05. The van der Waals surface area contributed by atoms with E-state index in [0.29, 0.717) is 6.54 Å². The number of aromatic nitrogens is 1. The molecule has 0 radical (unpaired) electrons.